The summed E-state index contributed by atoms with van der Waals surface area (Å²) in [5.74, 6) is 2.20. The summed E-state index contributed by atoms with van der Waals surface area (Å²) in [7, 11) is 3.35. The number of morpholine rings is 1. The van der Waals surface area contributed by atoms with Gasteiger partial charge in [-0.1, -0.05) is 6.07 Å². The molecule has 0 radical (unpaired) electrons. The Balaban J connectivity index is 1.16. The van der Waals surface area contributed by atoms with Gasteiger partial charge in [-0.2, -0.15) is 0 Å². The molecule has 3 aliphatic rings. The number of carbonyl (C=O) groups is 1. The highest BCUT2D eigenvalue weighted by Crippen LogP contribution is 2.38. The zero-order chi connectivity index (χ0) is 28.1. The first kappa shape index (κ1) is 28.7. The molecule has 1 N–H and O–H groups in total. The molecule has 5 rings (SSSR count). The Hall–Kier alpha value is -2.81. The number of fused-ring (bicyclic) bond motifs is 2. The minimum atomic E-state index is -0.0588. The summed E-state index contributed by atoms with van der Waals surface area (Å²) in [6.45, 7) is 10.4. The number of nitrogens with zero attached hydrogens (tertiary/aromatic N) is 2. The minimum absolute atomic E-state index is 0.0588. The van der Waals surface area contributed by atoms with Crippen LogP contribution in [-0.4, -0.2) is 87.5 Å². The molecule has 0 aromatic heterocycles. The molecule has 8 heteroatoms. The molecule has 0 aliphatic carbocycles. The summed E-state index contributed by atoms with van der Waals surface area (Å²) in [4.78, 5) is 18.4. The molecular formula is C32H45N3O5. The van der Waals surface area contributed by atoms with Crippen molar-refractivity contribution in [2.45, 2.75) is 70.6 Å². The quantitative estimate of drug-likeness (QED) is 0.417. The van der Waals surface area contributed by atoms with E-state index in [0.29, 0.717) is 35.8 Å². The van der Waals surface area contributed by atoms with Crippen LogP contribution in [0.4, 0.5) is 0 Å². The normalized spacial score (nSPS) is 23.1. The van der Waals surface area contributed by atoms with Crippen molar-refractivity contribution in [3.8, 4) is 17.2 Å². The Bertz CT molecular complexity index is 1150. The van der Waals surface area contributed by atoms with E-state index in [2.05, 4.69) is 41.1 Å². The molecule has 8 nitrogen and oxygen atoms in total. The zero-order valence-electron chi connectivity index (χ0n) is 24.5. The van der Waals surface area contributed by atoms with Gasteiger partial charge in [0.25, 0.3) is 5.91 Å². The fourth-order valence-electron chi connectivity index (χ4n) is 6.57. The van der Waals surface area contributed by atoms with Crippen LogP contribution in [0.3, 0.4) is 0 Å². The summed E-state index contributed by atoms with van der Waals surface area (Å²) in [5.41, 5.74) is 4.48. The third-order valence-electron chi connectivity index (χ3n) is 9.01. The second-order valence-electron chi connectivity index (χ2n) is 11.4. The average Bonchev–Trinajstić information content (AvgIpc) is 3.20. The minimum Gasteiger partial charge on any atom is -0.497 e. The van der Waals surface area contributed by atoms with Gasteiger partial charge in [0.15, 0.2) is 0 Å². The van der Waals surface area contributed by atoms with Gasteiger partial charge >= 0.3 is 0 Å². The molecule has 3 saturated heterocycles. The number of nitrogens with one attached hydrogen (secondary N) is 1. The van der Waals surface area contributed by atoms with E-state index in [4.69, 9.17) is 18.9 Å². The van der Waals surface area contributed by atoms with E-state index in [0.717, 1.165) is 64.4 Å². The second kappa shape index (κ2) is 13.2. The van der Waals surface area contributed by atoms with E-state index in [1.807, 2.05) is 12.1 Å². The summed E-state index contributed by atoms with van der Waals surface area (Å²) in [6, 6.07) is 10.9. The van der Waals surface area contributed by atoms with Gasteiger partial charge in [-0.3, -0.25) is 14.6 Å². The van der Waals surface area contributed by atoms with Crippen molar-refractivity contribution in [1.29, 1.82) is 0 Å². The SMILES string of the molecule is COc1cc(OCCCN2CCOCC2)cc(C(=O)NC2CC3CCC(C2)N3Cc2ccc(OC)c(C)c2C)c1. The van der Waals surface area contributed by atoms with E-state index in [1.54, 1.807) is 20.3 Å². The lowest BCUT2D eigenvalue weighted by molar-refractivity contribution is 0.0358. The third kappa shape index (κ3) is 6.73. The summed E-state index contributed by atoms with van der Waals surface area (Å²) >= 11 is 0. The third-order valence-corrected chi connectivity index (χ3v) is 9.01. The van der Waals surface area contributed by atoms with Crippen molar-refractivity contribution < 1.29 is 23.7 Å². The molecule has 2 unspecified atom stereocenters. The monoisotopic (exact) mass is 551 g/mol. The lowest BCUT2D eigenvalue weighted by Crippen LogP contribution is -2.50. The predicted molar refractivity (Wildman–Crippen MR) is 156 cm³/mol. The van der Waals surface area contributed by atoms with Crippen molar-refractivity contribution in [3.05, 3.63) is 52.6 Å². The van der Waals surface area contributed by atoms with Crippen molar-refractivity contribution in [2.24, 2.45) is 0 Å². The van der Waals surface area contributed by atoms with Gasteiger partial charge in [-0.05, 0) is 80.8 Å². The second-order valence-corrected chi connectivity index (χ2v) is 11.4. The number of rotatable bonds is 11. The fourth-order valence-corrected chi connectivity index (χ4v) is 6.57. The first-order valence-electron chi connectivity index (χ1n) is 14.8. The molecule has 218 valence electrons. The van der Waals surface area contributed by atoms with Crippen LogP contribution in [0.1, 0.15) is 59.2 Å². The summed E-state index contributed by atoms with van der Waals surface area (Å²) < 4.78 is 22.4. The van der Waals surface area contributed by atoms with Crippen LogP contribution in [0.5, 0.6) is 17.2 Å². The maximum absolute atomic E-state index is 13.4. The Morgan fingerprint density at radius 2 is 1.70 bits per heavy atom. The van der Waals surface area contributed by atoms with Crippen molar-refractivity contribution in [3.63, 3.8) is 0 Å². The molecule has 0 saturated carbocycles. The van der Waals surface area contributed by atoms with Gasteiger partial charge in [0.05, 0.1) is 34.0 Å². The first-order chi connectivity index (χ1) is 19.4. The van der Waals surface area contributed by atoms with Crippen LogP contribution in [0.25, 0.3) is 0 Å². The summed E-state index contributed by atoms with van der Waals surface area (Å²) in [6.07, 6.45) is 5.26. The smallest absolute Gasteiger partial charge is 0.251 e. The predicted octanol–water partition coefficient (Wildman–Crippen LogP) is 4.35. The molecule has 2 bridgehead atoms. The largest absolute Gasteiger partial charge is 0.497 e. The number of benzene rings is 2. The van der Waals surface area contributed by atoms with Gasteiger partial charge < -0.3 is 24.3 Å². The number of piperidine rings is 1. The Kier molecular flexibility index (Phi) is 9.50. The molecule has 2 aromatic carbocycles. The van der Waals surface area contributed by atoms with Gasteiger partial charge in [0.1, 0.15) is 17.2 Å². The van der Waals surface area contributed by atoms with Crippen LogP contribution in [0.15, 0.2) is 30.3 Å². The number of hydrogen-bond donors (Lipinski definition) is 1. The highest BCUT2D eigenvalue weighted by Gasteiger charge is 2.41. The standard InChI is InChI=1S/C32H45N3O5/c1-22-23(2)31(38-4)9-6-24(22)21-35-27-7-8-28(35)19-26(18-27)33-32(36)25-16-29(37-3)20-30(17-25)40-13-5-10-34-11-14-39-15-12-34/h6,9,16-17,20,26-28H,5,7-8,10-15,18-19,21H2,1-4H3,(H,33,36). The number of methoxy groups -OCH3 is 2. The van der Waals surface area contributed by atoms with E-state index in [-0.39, 0.29) is 11.9 Å². The van der Waals surface area contributed by atoms with E-state index < -0.39 is 0 Å². The molecule has 1 amide bonds. The number of hydrogen-bond acceptors (Lipinski definition) is 7. The molecule has 0 spiro atoms. The van der Waals surface area contributed by atoms with E-state index in [1.165, 1.54) is 29.5 Å². The zero-order valence-corrected chi connectivity index (χ0v) is 24.5. The highest BCUT2D eigenvalue weighted by atomic mass is 16.5. The lowest BCUT2D eigenvalue weighted by atomic mass is 9.94. The molecular weight excluding hydrogens is 506 g/mol. The van der Waals surface area contributed by atoms with E-state index in [9.17, 15) is 4.79 Å². The van der Waals surface area contributed by atoms with Crippen LogP contribution in [-0.2, 0) is 11.3 Å². The van der Waals surface area contributed by atoms with Gasteiger partial charge in [-0.25, -0.2) is 0 Å². The van der Waals surface area contributed by atoms with Crippen LogP contribution >= 0.6 is 0 Å². The number of amides is 1. The number of ether oxygens (including phenoxy) is 4. The fraction of sp³-hybridized carbons (Fsp3) is 0.594. The Morgan fingerprint density at radius 1 is 0.975 bits per heavy atom. The van der Waals surface area contributed by atoms with E-state index >= 15 is 0 Å². The Labute approximate surface area is 238 Å². The average molecular weight is 552 g/mol. The van der Waals surface area contributed by atoms with Crippen LogP contribution in [0, 0.1) is 13.8 Å². The van der Waals surface area contributed by atoms with Crippen LogP contribution in [0.2, 0.25) is 0 Å². The topological polar surface area (TPSA) is 72.5 Å². The highest BCUT2D eigenvalue weighted by molar-refractivity contribution is 5.95. The van der Waals surface area contributed by atoms with Crippen molar-refractivity contribution >= 4 is 5.91 Å². The number of carbonyl (C=O) groups excluding carboxylic acids is 1. The van der Waals surface area contributed by atoms with Crippen LogP contribution < -0.4 is 19.5 Å². The Morgan fingerprint density at radius 3 is 2.40 bits per heavy atom. The van der Waals surface area contributed by atoms with Crippen molar-refractivity contribution in [1.82, 2.24) is 15.1 Å². The summed E-state index contributed by atoms with van der Waals surface area (Å²) in [5, 5.41) is 3.33. The van der Waals surface area contributed by atoms with Gasteiger partial charge in [-0.15, -0.1) is 0 Å². The van der Waals surface area contributed by atoms with Gasteiger partial charge in [0.2, 0.25) is 0 Å². The van der Waals surface area contributed by atoms with Crippen molar-refractivity contribution in [2.75, 3.05) is 53.7 Å². The van der Waals surface area contributed by atoms with Gasteiger partial charge in [0, 0.05) is 55.9 Å². The maximum atomic E-state index is 13.4. The molecule has 3 heterocycles. The molecule has 3 fully saturated rings. The first-order valence-corrected chi connectivity index (χ1v) is 14.8. The maximum Gasteiger partial charge on any atom is 0.251 e. The lowest BCUT2D eigenvalue weighted by Gasteiger charge is -2.39. The molecule has 3 aliphatic heterocycles. The molecule has 2 aromatic rings. The molecule has 40 heavy (non-hydrogen) atoms. The molecule has 2 atom stereocenters.